The lowest BCUT2D eigenvalue weighted by Gasteiger charge is -2.20. The van der Waals surface area contributed by atoms with Gasteiger partial charge in [-0.15, -0.1) is 11.3 Å². The Labute approximate surface area is 143 Å². The van der Waals surface area contributed by atoms with Crippen molar-refractivity contribution in [3.05, 3.63) is 53.0 Å². The van der Waals surface area contributed by atoms with E-state index in [1.165, 1.54) is 20.5 Å². The molecule has 102 valence electrons. The second-order valence-electron chi connectivity index (χ2n) is 4.30. The van der Waals surface area contributed by atoms with E-state index in [2.05, 4.69) is 91.2 Å². The van der Waals surface area contributed by atoms with Gasteiger partial charge in [0.2, 0.25) is 0 Å². The van der Waals surface area contributed by atoms with Crippen molar-refractivity contribution in [3.8, 4) is 0 Å². The predicted molar refractivity (Wildman–Crippen MR) is 94.1 cm³/mol. The maximum absolute atomic E-state index is 3.67. The van der Waals surface area contributed by atoms with E-state index in [4.69, 9.17) is 0 Å². The van der Waals surface area contributed by atoms with Crippen LogP contribution in [0.3, 0.4) is 0 Å². The molecule has 1 unspecified atom stereocenters. The highest BCUT2D eigenvalue weighted by Crippen LogP contribution is 2.39. The molecule has 1 atom stereocenters. The van der Waals surface area contributed by atoms with Gasteiger partial charge in [-0.1, -0.05) is 40.5 Å². The average Bonchev–Trinajstić information content (AvgIpc) is 2.69. The molecule has 0 aliphatic carbocycles. The summed E-state index contributed by atoms with van der Waals surface area (Å²) < 4.78 is 3.44. The third-order valence-electron chi connectivity index (χ3n) is 2.86. The molecule has 0 fully saturated rings. The van der Waals surface area contributed by atoms with E-state index in [1.54, 1.807) is 11.3 Å². The molecule has 0 aliphatic rings. The number of nitrogens with one attached hydrogen (secondary N) is 1. The quantitative estimate of drug-likeness (QED) is 0.577. The molecular formula is C14H14Br3NS. The minimum absolute atomic E-state index is 0.191. The topological polar surface area (TPSA) is 12.0 Å². The highest BCUT2D eigenvalue weighted by molar-refractivity contribution is 9.12. The van der Waals surface area contributed by atoms with Gasteiger partial charge in [-0.2, -0.15) is 0 Å². The van der Waals surface area contributed by atoms with Gasteiger partial charge in [-0.05, 0) is 68.6 Å². The van der Waals surface area contributed by atoms with E-state index < -0.39 is 0 Å². The van der Waals surface area contributed by atoms with Gasteiger partial charge in [0.25, 0.3) is 0 Å². The third-order valence-corrected chi connectivity index (χ3v) is 5.97. The van der Waals surface area contributed by atoms with E-state index in [0.29, 0.717) is 0 Å². The highest BCUT2D eigenvalue weighted by atomic mass is 79.9. The van der Waals surface area contributed by atoms with E-state index in [9.17, 15) is 0 Å². The zero-order valence-electron chi connectivity index (χ0n) is 10.6. The van der Waals surface area contributed by atoms with Crippen LogP contribution in [0.4, 0.5) is 0 Å². The van der Waals surface area contributed by atoms with Gasteiger partial charge in [-0.3, -0.25) is 0 Å². The molecule has 1 heterocycles. The highest BCUT2D eigenvalue weighted by Gasteiger charge is 2.20. The fraction of sp³-hybridized carbons (Fsp3) is 0.286. The minimum Gasteiger partial charge on any atom is -0.306 e. The van der Waals surface area contributed by atoms with Gasteiger partial charge in [0.05, 0.1) is 13.6 Å². The van der Waals surface area contributed by atoms with Crippen LogP contribution >= 0.6 is 59.1 Å². The van der Waals surface area contributed by atoms with Gasteiger partial charge in [0.1, 0.15) is 0 Å². The zero-order chi connectivity index (χ0) is 14.0. The largest absolute Gasteiger partial charge is 0.306 e. The fourth-order valence-corrected chi connectivity index (χ4v) is 5.40. The van der Waals surface area contributed by atoms with Crippen LogP contribution in [0.2, 0.25) is 0 Å². The molecule has 0 aliphatic heterocycles. The van der Waals surface area contributed by atoms with Crippen molar-refractivity contribution >= 4 is 59.1 Å². The van der Waals surface area contributed by atoms with Gasteiger partial charge >= 0.3 is 0 Å². The minimum atomic E-state index is 0.191. The molecule has 0 bridgehead atoms. The van der Waals surface area contributed by atoms with Gasteiger partial charge in [0.15, 0.2) is 0 Å². The summed E-state index contributed by atoms with van der Waals surface area (Å²) in [5.74, 6) is 0. The average molecular weight is 468 g/mol. The second kappa shape index (κ2) is 6.85. The first-order valence-corrected chi connectivity index (χ1v) is 9.16. The Morgan fingerprint density at radius 2 is 1.89 bits per heavy atom. The monoisotopic (exact) mass is 465 g/mol. The number of rotatable bonds is 4. The molecule has 0 saturated carbocycles. The normalized spacial score (nSPS) is 12.7. The summed E-state index contributed by atoms with van der Waals surface area (Å²) in [5.41, 5.74) is 3.81. The Hall–Kier alpha value is 0.320. The van der Waals surface area contributed by atoms with Crippen molar-refractivity contribution in [2.45, 2.75) is 19.9 Å². The molecule has 5 heteroatoms. The van der Waals surface area contributed by atoms with Crippen LogP contribution in [-0.4, -0.2) is 6.54 Å². The summed E-state index contributed by atoms with van der Waals surface area (Å²) in [6.45, 7) is 5.18. The van der Waals surface area contributed by atoms with Crippen LogP contribution in [0, 0.1) is 6.92 Å². The molecule has 0 radical (unpaired) electrons. The first kappa shape index (κ1) is 15.7. The first-order valence-electron chi connectivity index (χ1n) is 5.97. The summed E-state index contributed by atoms with van der Waals surface area (Å²) in [7, 11) is 0. The molecule has 1 N–H and O–H groups in total. The van der Waals surface area contributed by atoms with Crippen molar-refractivity contribution in [1.29, 1.82) is 0 Å². The van der Waals surface area contributed by atoms with Crippen molar-refractivity contribution in [3.63, 3.8) is 0 Å². The Morgan fingerprint density at radius 3 is 2.47 bits per heavy atom. The number of benzene rings is 1. The predicted octanol–water partition coefficient (Wildman–Crippen LogP) is 6.04. The molecular weight excluding hydrogens is 454 g/mol. The van der Waals surface area contributed by atoms with Crippen LogP contribution in [-0.2, 0) is 0 Å². The maximum Gasteiger partial charge on any atom is 0.0761 e. The summed E-state index contributed by atoms with van der Waals surface area (Å²) >= 11 is 12.6. The van der Waals surface area contributed by atoms with E-state index in [0.717, 1.165) is 14.8 Å². The van der Waals surface area contributed by atoms with Gasteiger partial charge < -0.3 is 5.32 Å². The number of hydrogen-bond acceptors (Lipinski definition) is 2. The Bertz CT molecular complexity index is 580. The number of thiophene rings is 1. The van der Waals surface area contributed by atoms with E-state index >= 15 is 0 Å². The number of aryl methyl sites for hydroxylation is 1. The molecule has 2 aromatic rings. The van der Waals surface area contributed by atoms with E-state index in [1.807, 2.05) is 0 Å². The standard InChI is InChI=1S/C14H14Br3NS/c1-3-18-13(10-7-12(16)19-14(10)17)9-6-8(2)4-5-11(9)15/h4-7,13,18H,3H2,1-2H3. The zero-order valence-corrected chi connectivity index (χ0v) is 16.2. The molecule has 1 aromatic heterocycles. The second-order valence-corrected chi connectivity index (χ2v) is 8.90. The number of halogens is 3. The van der Waals surface area contributed by atoms with Crippen LogP contribution in [0.25, 0.3) is 0 Å². The Morgan fingerprint density at radius 1 is 1.16 bits per heavy atom. The van der Waals surface area contributed by atoms with Gasteiger partial charge in [-0.25, -0.2) is 0 Å². The summed E-state index contributed by atoms with van der Waals surface area (Å²) in [6.07, 6.45) is 0. The summed E-state index contributed by atoms with van der Waals surface area (Å²) in [6, 6.07) is 8.84. The fourth-order valence-electron chi connectivity index (χ4n) is 2.03. The van der Waals surface area contributed by atoms with Crippen molar-refractivity contribution in [1.82, 2.24) is 5.32 Å². The Kier molecular flexibility index (Phi) is 5.66. The van der Waals surface area contributed by atoms with Crippen LogP contribution in [0.1, 0.15) is 29.7 Å². The molecule has 1 aromatic carbocycles. The first-order chi connectivity index (χ1) is 9.02. The lowest BCUT2D eigenvalue weighted by Crippen LogP contribution is -2.22. The van der Waals surface area contributed by atoms with Gasteiger partial charge in [0, 0.05) is 4.47 Å². The van der Waals surface area contributed by atoms with Crippen molar-refractivity contribution < 1.29 is 0 Å². The smallest absolute Gasteiger partial charge is 0.0761 e. The third kappa shape index (κ3) is 3.70. The van der Waals surface area contributed by atoms with Crippen molar-refractivity contribution in [2.24, 2.45) is 0 Å². The Balaban J connectivity index is 2.51. The van der Waals surface area contributed by atoms with Crippen LogP contribution in [0.5, 0.6) is 0 Å². The SMILES string of the molecule is CCNC(c1cc(C)ccc1Br)c1cc(Br)sc1Br. The molecule has 2 rings (SSSR count). The molecule has 19 heavy (non-hydrogen) atoms. The number of hydrogen-bond donors (Lipinski definition) is 1. The van der Waals surface area contributed by atoms with Crippen LogP contribution < -0.4 is 5.32 Å². The molecule has 1 nitrogen and oxygen atoms in total. The summed E-state index contributed by atoms with van der Waals surface area (Å²) in [5, 5.41) is 3.56. The van der Waals surface area contributed by atoms with Crippen molar-refractivity contribution in [2.75, 3.05) is 6.54 Å². The summed E-state index contributed by atoms with van der Waals surface area (Å²) in [4.78, 5) is 0. The molecule has 0 saturated heterocycles. The lowest BCUT2D eigenvalue weighted by molar-refractivity contribution is 0.628. The molecule has 0 amide bonds. The lowest BCUT2D eigenvalue weighted by atomic mass is 9.99. The van der Waals surface area contributed by atoms with Crippen LogP contribution in [0.15, 0.2) is 36.3 Å². The van der Waals surface area contributed by atoms with E-state index in [-0.39, 0.29) is 6.04 Å². The maximum atomic E-state index is 3.67. The molecule has 0 spiro atoms.